The Hall–Kier alpha value is -5.09. The fourth-order valence-electron chi connectivity index (χ4n) is 6.63. The van der Waals surface area contributed by atoms with Crippen LogP contribution >= 0.6 is 0 Å². The fraction of sp³-hybridized carbons (Fsp3) is 0.393. The molecular weight excluding hydrogens is 562 g/mol. The number of primary amides is 1. The number of anilines is 2. The molecule has 1 fully saturated rings. The van der Waals surface area contributed by atoms with Crippen molar-refractivity contribution in [1.82, 2.24) is 4.90 Å². The number of ether oxygens (including phenoxy) is 1. The predicted octanol–water partition coefficient (Wildman–Crippen LogP) is -0.847. The van der Waals surface area contributed by atoms with Gasteiger partial charge in [0, 0.05) is 19.8 Å². The van der Waals surface area contributed by atoms with Crippen molar-refractivity contribution in [3.05, 3.63) is 34.1 Å². The standard InChI is InChI=1S/C28H31N7O8/c1-6-7-43-25(42)33-13-8-14(34(2)3)12-9-26(31)10-28(32)21(35(4)5)20(38)16(24(30)41)22(39)27(28,11-29)23(40)17(26)19(37)15(12)18(13)36/h1,8,21,36-37,39H,7,9-10,31-32H2,2-5H3,(H2,30,41)(H,33,42)/t21-,26-,27+,28-/m1/s1. The summed E-state index contributed by atoms with van der Waals surface area (Å²) in [6.07, 6.45) is 3.32. The number of benzene rings is 1. The summed E-state index contributed by atoms with van der Waals surface area (Å²) in [5.74, 6) is -4.35. The highest BCUT2D eigenvalue weighted by molar-refractivity contribution is 6.25. The van der Waals surface area contributed by atoms with Crippen LogP contribution in [-0.2, 0) is 25.5 Å². The number of carbonyl (C=O) groups is 4. The highest BCUT2D eigenvalue weighted by Gasteiger charge is 2.74. The molecule has 0 heterocycles. The van der Waals surface area contributed by atoms with Gasteiger partial charge in [-0.15, -0.1) is 6.42 Å². The molecule has 4 rings (SSSR count). The number of phenolic OH excluding ortho intramolecular Hbond substituents is 1. The number of hydrogen-bond donors (Lipinski definition) is 7. The van der Waals surface area contributed by atoms with Crippen molar-refractivity contribution < 1.29 is 39.2 Å². The lowest BCUT2D eigenvalue weighted by atomic mass is 9.47. The minimum atomic E-state index is -2.79. The van der Waals surface area contributed by atoms with Gasteiger partial charge >= 0.3 is 6.09 Å². The number of hydrogen-bond acceptors (Lipinski definition) is 13. The smallest absolute Gasteiger partial charge is 0.412 e. The highest BCUT2D eigenvalue weighted by atomic mass is 16.5. The van der Waals surface area contributed by atoms with Gasteiger partial charge in [0.15, 0.2) is 29.3 Å². The molecule has 43 heavy (non-hydrogen) atoms. The van der Waals surface area contributed by atoms with Gasteiger partial charge in [-0.2, -0.15) is 5.26 Å². The van der Waals surface area contributed by atoms with Crippen molar-refractivity contribution in [3.8, 4) is 24.2 Å². The molecule has 1 aromatic carbocycles. The average Bonchev–Trinajstić information content (AvgIpc) is 2.87. The van der Waals surface area contributed by atoms with Gasteiger partial charge in [0.05, 0.1) is 40.0 Å². The minimum Gasteiger partial charge on any atom is -0.509 e. The van der Waals surface area contributed by atoms with E-state index in [4.69, 9.17) is 28.4 Å². The Morgan fingerprint density at radius 1 is 1.21 bits per heavy atom. The maximum absolute atomic E-state index is 14.5. The molecule has 0 spiro atoms. The Morgan fingerprint density at radius 2 is 1.84 bits per heavy atom. The molecule has 15 heteroatoms. The van der Waals surface area contributed by atoms with Gasteiger partial charge < -0.3 is 42.2 Å². The summed E-state index contributed by atoms with van der Waals surface area (Å²) in [7, 11) is 6.14. The van der Waals surface area contributed by atoms with E-state index in [0.717, 1.165) is 0 Å². The number of Topliss-reactive ketones (excluding diaryl/α,β-unsaturated/α-hetero) is 2. The van der Waals surface area contributed by atoms with Crippen LogP contribution in [-0.4, -0.2) is 95.7 Å². The van der Waals surface area contributed by atoms with Crippen molar-refractivity contribution in [2.75, 3.05) is 45.0 Å². The third-order valence-electron chi connectivity index (χ3n) is 8.23. The number of phenols is 1. The molecule has 0 aromatic heterocycles. The van der Waals surface area contributed by atoms with Gasteiger partial charge in [-0.05, 0) is 38.6 Å². The molecule has 1 aromatic rings. The molecule has 0 saturated heterocycles. The van der Waals surface area contributed by atoms with Gasteiger partial charge in [0.25, 0.3) is 5.91 Å². The van der Waals surface area contributed by atoms with Crippen LogP contribution in [0.2, 0.25) is 0 Å². The van der Waals surface area contributed by atoms with Gasteiger partial charge in [0.2, 0.25) is 0 Å². The Bertz CT molecular complexity index is 1650. The van der Waals surface area contributed by atoms with E-state index in [1.165, 1.54) is 25.1 Å². The number of aliphatic hydroxyl groups is 2. The number of rotatable bonds is 5. The van der Waals surface area contributed by atoms with Crippen LogP contribution in [0.3, 0.4) is 0 Å². The largest absolute Gasteiger partial charge is 0.509 e. The summed E-state index contributed by atoms with van der Waals surface area (Å²) >= 11 is 0. The maximum atomic E-state index is 14.5. The zero-order chi connectivity index (χ0) is 32.4. The first-order chi connectivity index (χ1) is 19.9. The second-order valence-corrected chi connectivity index (χ2v) is 11.2. The maximum Gasteiger partial charge on any atom is 0.412 e. The molecule has 10 N–H and O–H groups in total. The zero-order valence-corrected chi connectivity index (χ0v) is 23.8. The van der Waals surface area contributed by atoms with Gasteiger partial charge in [-0.25, -0.2) is 4.79 Å². The van der Waals surface area contributed by atoms with Gasteiger partial charge in [-0.1, -0.05) is 5.92 Å². The quantitative estimate of drug-likeness (QED) is 0.125. The number of carbonyl (C=O) groups excluding carboxylic acids is 4. The minimum absolute atomic E-state index is 0.220. The molecule has 0 bridgehead atoms. The van der Waals surface area contributed by atoms with E-state index in [0.29, 0.717) is 5.69 Å². The topological polar surface area (TPSA) is 259 Å². The normalized spacial score (nSPS) is 27.9. The lowest BCUT2D eigenvalue weighted by molar-refractivity contribution is -0.139. The number of fused-ring (bicyclic) bond motifs is 3. The van der Waals surface area contributed by atoms with Crippen LogP contribution in [0.4, 0.5) is 16.2 Å². The molecule has 3 aliphatic rings. The summed E-state index contributed by atoms with van der Waals surface area (Å²) in [6.45, 7) is -0.366. The first kappa shape index (κ1) is 30.9. The third kappa shape index (κ3) is 4.01. The van der Waals surface area contributed by atoms with Crippen molar-refractivity contribution in [1.29, 1.82) is 5.26 Å². The molecule has 4 atom stereocenters. The molecule has 15 nitrogen and oxygen atoms in total. The Kier molecular flexibility index (Phi) is 7.19. The molecular formula is C28H31N7O8. The number of ketones is 2. The second kappa shape index (κ2) is 10.0. The molecule has 0 aliphatic heterocycles. The van der Waals surface area contributed by atoms with Crippen LogP contribution in [0.25, 0.3) is 5.76 Å². The van der Waals surface area contributed by atoms with Gasteiger partial charge in [-0.3, -0.25) is 24.6 Å². The van der Waals surface area contributed by atoms with Crippen molar-refractivity contribution in [2.45, 2.75) is 30.0 Å². The monoisotopic (exact) mass is 593 g/mol. The number of nitrogens with one attached hydrogen (secondary N) is 1. The predicted molar refractivity (Wildman–Crippen MR) is 152 cm³/mol. The number of aromatic hydroxyl groups is 1. The number of nitrogens with two attached hydrogens (primary N) is 3. The van der Waals surface area contributed by atoms with Crippen molar-refractivity contribution in [3.63, 3.8) is 0 Å². The number of aliphatic hydroxyl groups excluding tert-OH is 2. The summed E-state index contributed by atoms with van der Waals surface area (Å²) in [5.41, 5.74) is 10.7. The van der Waals surface area contributed by atoms with E-state index < -0.39 is 80.9 Å². The molecule has 2 amide bonds. The molecule has 3 aliphatic carbocycles. The Morgan fingerprint density at radius 3 is 2.35 bits per heavy atom. The number of nitrogens with zero attached hydrogens (tertiary/aromatic N) is 3. The molecule has 1 saturated carbocycles. The Balaban J connectivity index is 2.08. The van der Waals surface area contributed by atoms with Crippen molar-refractivity contribution >= 4 is 40.7 Å². The van der Waals surface area contributed by atoms with E-state index >= 15 is 0 Å². The van der Waals surface area contributed by atoms with E-state index in [2.05, 4.69) is 11.2 Å². The lowest BCUT2D eigenvalue weighted by Gasteiger charge is -2.58. The van der Waals surface area contributed by atoms with E-state index in [1.54, 1.807) is 25.1 Å². The molecule has 0 unspecified atom stereocenters. The highest BCUT2D eigenvalue weighted by Crippen LogP contribution is 2.59. The number of amides is 2. The van der Waals surface area contributed by atoms with Crippen molar-refractivity contribution in [2.24, 2.45) is 22.6 Å². The van der Waals surface area contributed by atoms with Crippen LogP contribution in [0.1, 0.15) is 17.5 Å². The first-order valence-corrected chi connectivity index (χ1v) is 12.8. The zero-order valence-electron chi connectivity index (χ0n) is 23.8. The van der Waals surface area contributed by atoms with E-state index in [-0.39, 0.29) is 29.8 Å². The van der Waals surface area contributed by atoms with Crippen LogP contribution in [0, 0.1) is 29.1 Å². The fourth-order valence-corrected chi connectivity index (χ4v) is 6.63. The SMILES string of the molecule is C#CCOC(=O)Nc1cc(N(C)C)c2c(c1O)C(O)=C1C(=O)[C@]3(C#N)C(O)=C(C(N)=O)C(=O)[C@@H](N(C)C)[C@]3(N)C[C@]1(N)C2. The summed E-state index contributed by atoms with van der Waals surface area (Å²) in [6, 6.07) is 1.57. The average molecular weight is 594 g/mol. The second-order valence-electron chi connectivity index (χ2n) is 11.2. The number of likely N-dealkylation sites (N-methyl/N-ethyl adjacent to an activating group) is 1. The number of nitriles is 1. The van der Waals surface area contributed by atoms with E-state index in [1.807, 2.05) is 0 Å². The Labute approximate surface area is 246 Å². The first-order valence-electron chi connectivity index (χ1n) is 12.8. The molecule has 226 valence electrons. The van der Waals surface area contributed by atoms with Crippen LogP contribution in [0.15, 0.2) is 23.0 Å². The van der Waals surface area contributed by atoms with E-state index in [9.17, 15) is 39.8 Å². The molecule has 0 radical (unpaired) electrons. The third-order valence-corrected chi connectivity index (χ3v) is 8.23. The number of terminal acetylenes is 1. The van der Waals surface area contributed by atoms with Gasteiger partial charge in [0.1, 0.15) is 17.1 Å². The summed E-state index contributed by atoms with van der Waals surface area (Å²) < 4.78 is 4.81. The lowest BCUT2D eigenvalue weighted by Crippen LogP contribution is -2.80. The van der Waals surface area contributed by atoms with Crippen LogP contribution in [0.5, 0.6) is 5.75 Å². The summed E-state index contributed by atoms with van der Waals surface area (Å²) in [4.78, 5) is 55.4. The summed E-state index contributed by atoms with van der Waals surface area (Å²) in [5, 5.41) is 47.0. The van der Waals surface area contributed by atoms with Crippen LogP contribution < -0.4 is 27.4 Å².